The number of hydrogen-bond acceptors (Lipinski definition) is 4. The smallest absolute Gasteiger partial charge is 0.273 e. The van der Waals surface area contributed by atoms with Crippen LogP contribution in [0.25, 0.3) is 0 Å². The van der Waals surface area contributed by atoms with Gasteiger partial charge in [0.2, 0.25) is 0 Å². The number of aliphatic hydroxyl groups excluding tert-OH is 1. The number of carbonyl (C=O) groups is 1. The van der Waals surface area contributed by atoms with E-state index in [4.69, 9.17) is 5.11 Å². The molecule has 0 aromatic heterocycles. The van der Waals surface area contributed by atoms with Crippen LogP contribution in [0.3, 0.4) is 0 Å². The highest BCUT2D eigenvalue weighted by atomic mass is 19.3. The first-order valence-corrected chi connectivity index (χ1v) is 5.48. The monoisotopic (exact) mass is 292 g/mol. The van der Waals surface area contributed by atoms with Crippen molar-refractivity contribution in [1.29, 1.82) is 0 Å². The Hall–Kier alpha value is -2.16. The van der Waals surface area contributed by atoms with Crippen molar-refractivity contribution in [2.45, 2.75) is 6.43 Å². The summed E-state index contributed by atoms with van der Waals surface area (Å²) in [5.41, 5.74) is -1.08. The Morgan fingerprint density at radius 2 is 2.05 bits per heavy atom. The van der Waals surface area contributed by atoms with Crippen molar-refractivity contribution in [2.75, 3.05) is 19.7 Å². The lowest BCUT2D eigenvalue weighted by atomic mass is 10.1. The van der Waals surface area contributed by atoms with Gasteiger partial charge in [-0.3, -0.25) is 14.9 Å². The molecular formula is C11H11F3N2O4. The van der Waals surface area contributed by atoms with E-state index in [1.54, 1.807) is 0 Å². The molecule has 0 aliphatic carbocycles. The number of benzene rings is 1. The number of nitro benzene ring substituents is 1. The Morgan fingerprint density at radius 1 is 1.40 bits per heavy atom. The van der Waals surface area contributed by atoms with E-state index in [0.29, 0.717) is 17.0 Å². The van der Waals surface area contributed by atoms with Gasteiger partial charge in [-0.05, 0) is 6.07 Å². The van der Waals surface area contributed by atoms with Crippen LogP contribution in [0.1, 0.15) is 10.4 Å². The Bertz CT molecular complexity index is 510. The third-order valence-electron chi connectivity index (χ3n) is 2.36. The largest absolute Gasteiger partial charge is 0.395 e. The van der Waals surface area contributed by atoms with Gasteiger partial charge in [0, 0.05) is 18.2 Å². The van der Waals surface area contributed by atoms with Gasteiger partial charge in [0.1, 0.15) is 5.82 Å². The number of nitro groups is 1. The van der Waals surface area contributed by atoms with Crippen LogP contribution in [0.15, 0.2) is 18.2 Å². The van der Waals surface area contributed by atoms with Gasteiger partial charge in [-0.15, -0.1) is 0 Å². The Kier molecular flexibility index (Phi) is 5.44. The van der Waals surface area contributed by atoms with Crippen LogP contribution in [0, 0.1) is 15.9 Å². The molecule has 6 nitrogen and oxygen atoms in total. The van der Waals surface area contributed by atoms with Crippen LogP contribution in [0.4, 0.5) is 18.9 Å². The number of aliphatic hydroxyl groups is 1. The summed E-state index contributed by atoms with van der Waals surface area (Å²) >= 11 is 0. The summed E-state index contributed by atoms with van der Waals surface area (Å²) in [6.07, 6.45) is -2.84. The number of alkyl halides is 2. The molecule has 9 heteroatoms. The fourth-order valence-electron chi connectivity index (χ4n) is 1.55. The number of nitrogens with zero attached hydrogens (tertiary/aromatic N) is 2. The zero-order valence-corrected chi connectivity index (χ0v) is 10.1. The summed E-state index contributed by atoms with van der Waals surface area (Å²) in [5.74, 6) is -2.04. The van der Waals surface area contributed by atoms with E-state index in [0.717, 1.165) is 6.07 Å². The van der Waals surface area contributed by atoms with Crippen LogP contribution in [0.5, 0.6) is 0 Å². The highest BCUT2D eigenvalue weighted by Gasteiger charge is 2.22. The Morgan fingerprint density at radius 3 is 2.55 bits per heavy atom. The second-order valence-electron chi connectivity index (χ2n) is 3.82. The summed E-state index contributed by atoms with van der Waals surface area (Å²) < 4.78 is 37.8. The number of non-ortho nitro benzene ring substituents is 1. The van der Waals surface area contributed by atoms with Crippen LogP contribution in [0.2, 0.25) is 0 Å². The predicted molar refractivity (Wildman–Crippen MR) is 62.0 cm³/mol. The first kappa shape index (κ1) is 15.9. The number of halogens is 3. The summed E-state index contributed by atoms with van der Waals surface area (Å²) in [4.78, 5) is 22.1. The van der Waals surface area contributed by atoms with Crippen molar-refractivity contribution in [3.8, 4) is 0 Å². The third-order valence-corrected chi connectivity index (χ3v) is 2.36. The van der Waals surface area contributed by atoms with E-state index in [1.165, 1.54) is 0 Å². The maximum atomic E-state index is 13.2. The molecule has 0 radical (unpaired) electrons. The Balaban J connectivity index is 3.07. The molecule has 0 heterocycles. The molecule has 0 fully saturated rings. The van der Waals surface area contributed by atoms with Crippen LogP contribution >= 0.6 is 0 Å². The molecule has 1 aromatic rings. The summed E-state index contributed by atoms with van der Waals surface area (Å²) in [5, 5.41) is 19.3. The van der Waals surface area contributed by atoms with Gasteiger partial charge in [-0.1, -0.05) is 0 Å². The van der Waals surface area contributed by atoms with E-state index < -0.39 is 47.5 Å². The lowest BCUT2D eigenvalue weighted by Crippen LogP contribution is -2.37. The molecule has 1 rings (SSSR count). The molecule has 0 saturated heterocycles. The standard InChI is InChI=1S/C11H11F3N2O4/c12-8-3-7(4-9(5-8)16(19)20)11(18)15(1-2-17)6-10(13)14/h3-5,10,17H,1-2,6H2. The van der Waals surface area contributed by atoms with Gasteiger partial charge >= 0.3 is 0 Å². The average molecular weight is 292 g/mol. The highest BCUT2D eigenvalue weighted by Crippen LogP contribution is 2.18. The first-order valence-electron chi connectivity index (χ1n) is 5.48. The van der Waals surface area contributed by atoms with Crippen LogP contribution in [-0.2, 0) is 0 Å². The average Bonchev–Trinajstić information content (AvgIpc) is 2.36. The van der Waals surface area contributed by atoms with Gasteiger partial charge in [0.05, 0.1) is 24.1 Å². The second-order valence-corrected chi connectivity index (χ2v) is 3.82. The SMILES string of the molecule is O=C(c1cc(F)cc([N+](=O)[O-])c1)N(CCO)CC(F)F. The van der Waals surface area contributed by atoms with E-state index in [2.05, 4.69) is 0 Å². The van der Waals surface area contributed by atoms with E-state index >= 15 is 0 Å². The normalized spacial score (nSPS) is 10.7. The number of carbonyl (C=O) groups excluding carboxylic acids is 1. The van der Waals surface area contributed by atoms with Crippen molar-refractivity contribution < 1.29 is 28.0 Å². The molecule has 20 heavy (non-hydrogen) atoms. The number of rotatable bonds is 6. The summed E-state index contributed by atoms with van der Waals surface area (Å²) in [7, 11) is 0. The first-order chi connectivity index (χ1) is 9.35. The van der Waals surface area contributed by atoms with Crippen molar-refractivity contribution in [1.82, 2.24) is 4.90 Å². The van der Waals surface area contributed by atoms with E-state index in [-0.39, 0.29) is 6.54 Å². The highest BCUT2D eigenvalue weighted by molar-refractivity contribution is 5.94. The molecule has 0 aliphatic heterocycles. The maximum absolute atomic E-state index is 13.2. The van der Waals surface area contributed by atoms with Gasteiger partial charge in [-0.2, -0.15) is 0 Å². The quantitative estimate of drug-likeness (QED) is 0.635. The van der Waals surface area contributed by atoms with Gasteiger partial charge < -0.3 is 10.0 Å². The topological polar surface area (TPSA) is 83.7 Å². The molecular weight excluding hydrogens is 281 g/mol. The molecule has 0 saturated carbocycles. The lowest BCUT2D eigenvalue weighted by Gasteiger charge is -2.21. The fourth-order valence-corrected chi connectivity index (χ4v) is 1.55. The summed E-state index contributed by atoms with van der Waals surface area (Å²) in [6, 6.07) is 2.12. The van der Waals surface area contributed by atoms with Crippen LogP contribution < -0.4 is 0 Å². The molecule has 0 atom stereocenters. The molecule has 1 amide bonds. The van der Waals surface area contributed by atoms with Crippen molar-refractivity contribution >= 4 is 11.6 Å². The lowest BCUT2D eigenvalue weighted by molar-refractivity contribution is -0.385. The molecule has 0 unspecified atom stereocenters. The number of hydrogen-bond donors (Lipinski definition) is 1. The molecule has 0 spiro atoms. The molecule has 1 aromatic carbocycles. The van der Waals surface area contributed by atoms with Crippen LogP contribution in [-0.4, -0.2) is 47.0 Å². The molecule has 0 aliphatic rings. The minimum absolute atomic E-state index is 0.381. The van der Waals surface area contributed by atoms with Crippen molar-refractivity contribution in [2.24, 2.45) is 0 Å². The predicted octanol–water partition coefficient (Wildman–Crippen LogP) is 1.43. The second kappa shape index (κ2) is 6.85. The Labute approximate surface area is 111 Å². The minimum Gasteiger partial charge on any atom is -0.395 e. The molecule has 0 bridgehead atoms. The molecule has 110 valence electrons. The van der Waals surface area contributed by atoms with Crippen molar-refractivity contribution in [3.05, 3.63) is 39.7 Å². The van der Waals surface area contributed by atoms with Crippen molar-refractivity contribution in [3.63, 3.8) is 0 Å². The maximum Gasteiger partial charge on any atom is 0.273 e. The molecule has 1 N–H and O–H groups in total. The van der Waals surface area contributed by atoms with Gasteiger partial charge in [0.15, 0.2) is 0 Å². The zero-order chi connectivity index (χ0) is 15.3. The third kappa shape index (κ3) is 4.19. The van der Waals surface area contributed by atoms with E-state index in [9.17, 15) is 28.1 Å². The van der Waals surface area contributed by atoms with Gasteiger partial charge in [-0.25, -0.2) is 13.2 Å². The fraction of sp³-hybridized carbons (Fsp3) is 0.364. The van der Waals surface area contributed by atoms with E-state index in [1.807, 2.05) is 0 Å². The number of amides is 1. The minimum atomic E-state index is -2.84. The summed E-state index contributed by atoms with van der Waals surface area (Å²) in [6.45, 7) is -1.90. The van der Waals surface area contributed by atoms with Gasteiger partial charge in [0.25, 0.3) is 18.0 Å². The zero-order valence-electron chi connectivity index (χ0n) is 10.1.